The molecule has 0 spiro atoms. The average molecular weight is 381 g/mol. The van der Waals surface area contributed by atoms with E-state index >= 15 is 0 Å². The van der Waals surface area contributed by atoms with Crippen molar-refractivity contribution >= 4 is 29.9 Å². The summed E-state index contributed by atoms with van der Waals surface area (Å²) in [7, 11) is 1.71. The standard InChI is InChI=1S/C17H24N6O2.ClH/c1-11-8-12(2)23(21-11)17-19-15(18-13(3)24)9-16(20-17)22-7-5-6-14(22)10-25-4;/h8-9,14H,5-7,10H2,1-4H3,(H,18,19,20,24);1H/t14-;/m1./s1. The van der Waals surface area contributed by atoms with E-state index in [1.165, 1.54) is 6.92 Å². The molecule has 3 rings (SSSR count). The van der Waals surface area contributed by atoms with E-state index in [0.29, 0.717) is 18.4 Å². The van der Waals surface area contributed by atoms with Gasteiger partial charge in [-0.25, -0.2) is 4.68 Å². The number of aryl methyl sites for hydroxylation is 2. The SMILES string of the molecule is COC[C@H]1CCCN1c1cc(NC(C)=O)nc(-n2nc(C)cc2C)n1.Cl. The van der Waals surface area contributed by atoms with Crippen molar-refractivity contribution in [2.45, 2.75) is 39.7 Å². The number of carbonyl (C=O) groups is 1. The van der Waals surface area contributed by atoms with Crippen molar-refractivity contribution in [1.29, 1.82) is 0 Å². The molecule has 8 nitrogen and oxygen atoms in total. The molecule has 26 heavy (non-hydrogen) atoms. The molecule has 1 N–H and O–H groups in total. The first-order valence-electron chi connectivity index (χ1n) is 8.44. The molecule has 1 amide bonds. The Balaban J connectivity index is 0.00000243. The van der Waals surface area contributed by atoms with Crippen LogP contribution in [0.1, 0.15) is 31.2 Å². The van der Waals surface area contributed by atoms with Crippen LogP contribution in [0.5, 0.6) is 0 Å². The van der Waals surface area contributed by atoms with Gasteiger partial charge in [0.2, 0.25) is 5.91 Å². The van der Waals surface area contributed by atoms with E-state index < -0.39 is 0 Å². The Bertz CT molecular complexity index is 779. The lowest BCUT2D eigenvalue weighted by Crippen LogP contribution is -2.34. The van der Waals surface area contributed by atoms with Crippen LogP contribution < -0.4 is 10.2 Å². The first-order chi connectivity index (χ1) is 12.0. The molecule has 0 aliphatic carbocycles. The van der Waals surface area contributed by atoms with Crippen LogP contribution in [0.3, 0.4) is 0 Å². The van der Waals surface area contributed by atoms with E-state index in [1.54, 1.807) is 11.8 Å². The summed E-state index contributed by atoms with van der Waals surface area (Å²) < 4.78 is 7.04. The van der Waals surface area contributed by atoms with Crippen LogP contribution >= 0.6 is 12.4 Å². The van der Waals surface area contributed by atoms with Crippen molar-refractivity contribution in [2.24, 2.45) is 0 Å². The molecular weight excluding hydrogens is 356 g/mol. The van der Waals surface area contributed by atoms with Gasteiger partial charge in [0.1, 0.15) is 11.6 Å². The Labute approximate surface area is 159 Å². The van der Waals surface area contributed by atoms with Crippen molar-refractivity contribution in [1.82, 2.24) is 19.7 Å². The maximum atomic E-state index is 11.5. The number of methoxy groups -OCH3 is 1. The van der Waals surface area contributed by atoms with Gasteiger partial charge in [0.15, 0.2) is 0 Å². The van der Waals surface area contributed by atoms with Gasteiger partial charge < -0.3 is 15.0 Å². The molecular formula is C17H25ClN6O2. The van der Waals surface area contributed by atoms with Crippen LogP contribution in [0, 0.1) is 13.8 Å². The molecule has 0 radical (unpaired) electrons. The highest BCUT2D eigenvalue weighted by Crippen LogP contribution is 2.26. The number of hydrogen-bond donors (Lipinski definition) is 1. The van der Waals surface area contributed by atoms with Crippen LogP contribution in [0.2, 0.25) is 0 Å². The van der Waals surface area contributed by atoms with Gasteiger partial charge in [0, 0.05) is 32.3 Å². The normalized spacial score (nSPS) is 16.5. The van der Waals surface area contributed by atoms with E-state index in [9.17, 15) is 4.79 Å². The van der Waals surface area contributed by atoms with E-state index in [0.717, 1.165) is 36.6 Å². The zero-order valence-corrected chi connectivity index (χ0v) is 16.3. The number of rotatable bonds is 5. The molecule has 1 fully saturated rings. The minimum Gasteiger partial charge on any atom is -0.383 e. The van der Waals surface area contributed by atoms with Crippen LogP contribution in [0.4, 0.5) is 11.6 Å². The summed E-state index contributed by atoms with van der Waals surface area (Å²) in [4.78, 5) is 22.9. The Morgan fingerprint density at radius 1 is 1.35 bits per heavy atom. The zero-order chi connectivity index (χ0) is 18.0. The monoisotopic (exact) mass is 380 g/mol. The molecule has 2 aromatic rings. The first-order valence-corrected chi connectivity index (χ1v) is 8.44. The van der Waals surface area contributed by atoms with Gasteiger partial charge in [0.05, 0.1) is 18.3 Å². The van der Waals surface area contributed by atoms with Gasteiger partial charge in [-0.1, -0.05) is 0 Å². The lowest BCUT2D eigenvalue weighted by molar-refractivity contribution is -0.114. The van der Waals surface area contributed by atoms with Crippen molar-refractivity contribution in [3.8, 4) is 5.95 Å². The second-order valence-electron chi connectivity index (χ2n) is 6.38. The number of nitrogens with zero attached hydrogens (tertiary/aromatic N) is 5. The predicted molar refractivity (Wildman–Crippen MR) is 102 cm³/mol. The maximum absolute atomic E-state index is 11.5. The number of halogens is 1. The molecule has 0 aromatic carbocycles. The fourth-order valence-electron chi connectivity index (χ4n) is 3.24. The number of nitrogens with one attached hydrogen (secondary N) is 1. The summed E-state index contributed by atoms with van der Waals surface area (Å²) in [6, 6.07) is 4.06. The summed E-state index contributed by atoms with van der Waals surface area (Å²) in [5.41, 5.74) is 1.84. The van der Waals surface area contributed by atoms with Crippen LogP contribution in [0.15, 0.2) is 12.1 Å². The maximum Gasteiger partial charge on any atom is 0.254 e. The van der Waals surface area contributed by atoms with E-state index in [1.807, 2.05) is 26.0 Å². The first kappa shape index (κ1) is 20.1. The Kier molecular flexibility index (Phi) is 6.55. The number of hydrogen-bond acceptors (Lipinski definition) is 6. The molecule has 0 bridgehead atoms. The molecule has 1 saturated heterocycles. The zero-order valence-electron chi connectivity index (χ0n) is 15.5. The molecule has 3 heterocycles. The van der Waals surface area contributed by atoms with Crippen molar-refractivity contribution in [3.63, 3.8) is 0 Å². The molecule has 0 saturated carbocycles. The third kappa shape index (κ3) is 4.31. The average Bonchev–Trinajstić information content (AvgIpc) is 3.13. The van der Waals surface area contributed by atoms with Gasteiger partial charge in [0.25, 0.3) is 5.95 Å². The molecule has 9 heteroatoms. The predicted octanol–water partition coefficient (Wildman–Crippen LogP) is 2.27. The molecule has 1 aliphatic rings. The van der Waals surface area contributed by atoms with Crippen LogP contribution in [0.25, 0.3) is 5.95 Å². The number of aromatic nitrogens is 4. The largest absolute Gasteiger partial charge is 0.383 e. The topological polar surface area (TPSA) is 85.2 Å². The van der Waals surface area contributed by atoms with Gasteiger partial charge in [-0.15, -0.1) is 12.4 Å². The molecule has 1 aliphatic heterocycles. The highest BCUT2D eigenvalue weighted by Gasteiger charge is 2.27. The molecule has 142 valence electrons. The fourth-order valence-corrected chi connectivity index (χ4v) is 3.24. The number of anilines is 2. The van der Waals surface area contributed by atoms with Gasteiger partial charge in [-0.2, -0.15) is 15.1 Å². The highest BCUT2D eigenvalue weighted by molar-refractivity contribution is 5.88. The lowest BCUT2D eigenvalue weighted by atomic mass is 10.2. The smallest absolute Gasteiger partial charge is 0.254 e. The van der Waals surface area contributed by atoms with E-state index in [2.05, 4.69) is 20.3 Å². The highest BCUT2D eigenvalue weighted by atomic mass is 35.5. The number of carbonyl (C=O) groups excluding carboxylic acids is 1. The Morgan fingerprint density at radius 2 is 2.12 bits per heavy atom. The second-order valence-corrected chi connectivity index (χ2v) is 6.38. The minimum atomic E-state index is -0.168. The number of ether oxygens (including phenoxy) is 1. The summed E-state index contributed by atoms with van der Waals surface area (Å²) >= 11 is 0. The third-order valence-corrected chi connectivity index (χ3v) is 4.23. The fraction of sp³-hybridized carbons (Fsp3) is 0.529. The second kappa shape index (κ2) is 8.46. The minimum absolute atomic E-state index is 0. The van der Waals surface area contributed by atoms with Crippen LogP contribution in [-0.4, -0.2) is 52.0 Å². The molecule has 1 atom stereocenters. The Morgan fingerprint density at radius 3 is 2.73 bits per heavy atom. The Hall–Kier alpha value is -2.19. The van der Waals surface area contributed by atoms with Crippen molar-refractivity contribution in [3.05, 3.63) is 23.5 Å². The third-order valence-electron chi connectivity index (χ3n) is 4.23. The van der Waals surface area contributed by atoms with E-state index in [-0.39, 0.29) is 24.4 Å². The summed E-state index contributed by atoms with van der Waals surface area (Å²) in [6.07, 6.45) is 2.14. The van der Waals surface area contributed by atoms with Gasteiger partial charge in [-0.05, 0) is 32.8 Å². The van der Waals surface area contributed by atoms with Crippen LogP contribution in [-0.2, 0) is 9.53 Å². The van der Waals surface area contributed by atoms with Gasteiger partial charge >= 0.3 is 0 Å². The summed E-state index contributed by atoms with van der Waals surface area (Å²) in [6.45, 7) is 6.90. The lowest BCUT2D eigenvalue weighted by Gasteiger charge is -2.25. The summed E-state index contributed by atoms with van der Waals surface area (Å²) in [5.74, 6) is 1.54. The quantitative estimate of drug-likeness (QED) is 0.856. The molecule has 2 aromatic heterocycles. The summed E-state index contributed by atoms with van der Waals surface area (Å²) in [5, 5.41) is 7.22. The van der Waals surface area contributed by atoms with E-state index in [4.69, 9.17) is 9.72 Å². The molecule has 0 unspecified atom stereocenters. The van der Waals surface area contributed by atoms with Crippen molar-refractivity contribution < 1.29 is 9.53 Å². The number of amides is 1. The van der Waals surface area contributed by atoms with Crippen molar-refractivity contribution in [2.75, 3.05) is 30.5 Å². The van der Waals surface area contributed by atoms with Gasteiger partial charge in [-0.3, -0.25) is 4.79 Å².